The van der Waals surface area contributed by atoms with Gasteiger partial charge in [-0.1, -0.05) is 60.3 Å². The van der Waals surface area contributed by atoms with Crippen molar-refractivity contribution in [3.8, 4) is 0 Å². The Bertz CT molecular complexity index is 1180. The van der Waals surface area contributed by atoms with E-state index >= 15 is 0 Å². The molecule has 0 spiro atoms. The molecular formula is C27H31N3O6S. The van der Waals surface area contributed by atoms with Gasteiger partial charge in [0, 0.05) is 50.1 Å². The minimum absolute atomic E-state index is 0.00711. The van der Waals surface area contributed by atoms with E-state index in [1.165, 1.54) is 0 Å². The number of aryl methyl sites for hydroxylation is 1. The first-order valence-electron chi connectivity index (χ1n) is 12.1. The smallest absolute Gasteiger partial charge is 0.303 e. The molecule has 37 heavy (non-hydrogen) atoms. The maximum atomic E-state index is 11.8. The van der Waals surface area contributed by atoms with Crippen LogP contribution < -0.4 is 5.32 Å². The van der Waals surface area contributed by atoms with Crippen molar-refractivity contribution in [1.29, 1.82) is 0 Å². The number of carboxylic acid groups (broad SMARTS) is 1. The summed E-state index contributed by atoms with van der Waals surface area (Å²) < 4.78 is 14.7. The van der Waals surface area contributed by atoms with Crippen molar-refractivity contribution in [2.24, 2.45) is 7.05 Å². The number of aliphatic carboxylic acids is 1. The van der Waals surface area contributed by atoms with Crippen molar-refractivity contribution in [3.63, 3.8) is 0 Å². The molecule has 0 aliphatic carbocycles. The Kier molecular flexibility index (Phi) is 9.34. The zero-order chi connectivity index (χ0) is 26.2. The van der Waals surface area contributed by atoms with Gasteiger partial charge in [-0.2, -0.15) is 0 Å². The van der Waals surface area contributed by atoms with Gasteiger partial charge >= 0.3 is 5.97 Å². The van der Waals surface area contributed by atoms with E-state index in [1.807, 2.05) is 66.3 Å². The summed E-state index contributed by atoms with van der Waals surface area (Å²) >= 11 is 1.64. The summed E-state index contributed by atoms with van der Waals surface area (Å²) in [7, 11) is 1.96. The van der Waals surface area contributed by atoms with Gasteiger partial charge in [-0.15, -0.1) is 0 Å². The molecule has 3 atom stereocenters. The summed E-state index contributed by atoms with van der Waals surface area (Å²) in [6, 6.07) is 15.4. The van der Waals surface area contributed by atoms with Crippen molar-refractivity contribution < 1.29 is 29.3 Å². The van der Waals surface area contributed by atoms with E-state index < -0.39 is 12.3 Å². The van der Waals surface area contributed by atoms with Gasteiger partial charge in [0.15, 0.2) is 11.4 Å². The minimum atomic E-state index is -0.994. The molecule has 0 bridgehead atoms. The molecule has 1 aliphatic rings. The van der Waals surface area contributed by atoms with Crippen LogP contribution in [0.2, 0.25) is 0 Å². The number of aliphatic hydroxyl groups excluding tert-OH is 1. The maximum Gasteiger partial charge on any atom is 0.303 e. The van der Waals surface area contributed by atoms with Crippen LogP contribution in [0.3, 0.4) is 0 Å². The van der Waals surface area contributed by atoms with Gasteiger partial charge in [0.1, 0.15) is 0 Å². The summed E-state index contributed by atoms with van der Waals surface area (Å²) in [5.41, 5.74) is 3.63. The number of hydrogen-bond donors (Lipinski definition) is 3. The summed E-state index contributed by atoms with van der Waals surface area (Å²) in [6.45, 7) is 0.306. The topological polar surface area (TPSA) is 123 Å². The van der Waals surface area contributed by atoms with Crippen molar-refractivity contribution in [1.82, 2.24) is 14.9 Å². The van der Waals surface area contributed by atoms with Crippen LogP contribution in [0.25, 0.3) is 0 Å². The standard InChI is InChI=1S/C27H31N3O6S/c1-30-13-12-28-27(30)37-17-22-14-23(20-6-4-19(16-31)5-7-20)36-26(35-22)21-8-2-18(3-9-21)15-29-24(32)10-11-25(33)34/h2-9,12-13,22-23,26,31H,10-11,14-17H2,1H3,(H,29,32)(H,33,34)/t22-,23+,26+/m0/s1. The summed E-state index contributed by atoms with van der Waals surface area (Å²) in [5, 5.41) is 21.8. The normalized spacial score (nSPS) is 19.5. The van der Waals surface area contributed by atoms with E-state index in [9.17, 15) is 14.7 Å². The van der Waals surface area contributed by atoms with Crippen molar-refractivity contribution in [2.45, 2.75) is 56.1 Å². The van der Waals surface area contributed by atoms with Crippen LogP contribution in [0.4, 0.5) is 0 Å². The molecule has 2 heterocycles. The predicted octanol–water partition coefficient (Wildman–Crippen LogP) is 3.73. The molecule has 9 nitrogen and oxygen atoms in total. The van der Waals surface area contributed by atoms with Crippen LogP contribution in [-0.4, -0.2) is 43.5 Å². The number of carboxylic acids is 1. The second-order valence-corrected chi connectivity index (χ2v) is 9.88. The fraction of sp³-hybridized carbons (Fsp3) is 0.370. The highest BCUT2D eigenvalue weighted by atomic mass is 32.2. The third-order valence-corrected chi connectivity index (χ3v) is 7.29. The molecule has 3 N–H and O–H groups in total. The number of rotatable bonds is 11. The van der Waals surface area contributed by atoms with Crippen molar-refractivity contribution in [2.75, 3.05) is 5.75 Å². The largest absolute Gasteiger partial charge is 0.481 e. The first kappa shape index (κ1) is 26.9. The number of aromatic nitrogens is 2. The Morgan fingerprint density at radius 3 is 2.41 bits per heavy atom. The Balaban J connectivity index is 1.43. The van der Waals surface area contributed by atoms with Crippen LogP contribution in [-0.2, 0) is 39.3 Å². The number of aliphatic hydroxyl groups is 1. The highest BCUT2D eigenvalue weighted by Crippen LogP contribution is 2.39. The Hall–Kier alpha value is -3.18. The minimum Gasteiger partial charge on any atom is -0.481 e. The van der Waals surface area contributed by atoms with E-state index in [4.69, 9.17) is 14.6 Å². The highest BCUT2D eigenvalue weighted by molar-refractivity contribution is 7.99. The number of carbonyl (C=O) groups is 2. The van der Waals surface area contributed by atoms with Crippen LogP contribution in [0.5, 0.6) is 0 Å². The first-order chi connectivity index (χ1) is 17.9. The number of nitrogens with one attached hydrogen (secondary N) is 1. The molecule has 1 aliphatic heterocycles. The molecule has 0 unspecified atom stereocenters. The number of carbonyl (C=O) groups excluding carboxylic acids is 1. The van der Waals surface area contributed by atoms with Crippen LogP contribution in [0, 0.1) is 0 Å². The lowest BCUT2D eigenvalue weighted by Gasteiger charge is -2.36. The van der Waals surface area contributed by atoms with Gasteiger partial charge in [-0.3, -0.25) is 9.59 Å². The molecule has 1 amide bonds. The Morgan fingerprint density at radius 1 is 1.05 bits per heavy atom. The summed E-state index contributed by atoms with van der Waals surface area (Å²) in [4.78, 5) is 26.8. The number of ether oxygens (including phenoxy) is 2. The first-order valence-corrected chi connectivity index (χ1v) is 13.1. The number of benzene rings is 2. The number of nitrogens with zero attached hydrogens (tertiary/aromatic N) is 2. The molecule has 2 aromatic carbocycles. The number of imidazole rings is 1. The summed E-state index contributed by atoms with van der Waals surface area (Å²) in [5.74, 6) is -0.573. The fourth-order valence-electron chi connectivity index (χ4n) is 3.98. The lowest BCUT2D eigenvalue weighted by molar-refractivity contribution is -0.245. The van der Waals surface area contributed by atoms with Gasteiger partial charge in [-0.05, 0) is 16.7 Å². The average Bonchev–Trinajstić information content (AvgIpc) is 3.34. The van der Waals surface area contributed by atoms with Crippen molar-refractivity contribution in [3.05, 3.63) is 83.2 Å². The fourth-order valence-corrected chi connectivity index (χ4v) is 4.93. The van der Waals surface area contributed by atoms with Gasteiger partial charge in [-0.25, -0.2) is 4.98 Å². The molecule has 1 saturated heterocycles. The van der Waals surface area contributed by atoms with Crippen LogP contribution in [0.1, 0.15) is 53.9 Å². The average molecular weight is 526 g/mol. The molecule has 0 radical (unpaired) electrons. The van der Waals surface area contributed by atoms with Crippen LogP contribution >= 0.6 is 11.8 Å². The second-order valence-electron chi connectivity index (χ2n) is 8.89. The zero-order valence-electron chi connectivity index (χ0n) is 20.6. The number of amides is 1. The van der Waals surface area contributed by atoms with E-state index in [-0.39, 0.29) is 37.6 Å². The van der Waals surface area contributed by atoms with Crippen LogP contribution in [0.15, 0.2) is 66.1 Å². The monoisotopic (exact) mass is 525 g/mol. The lowest BCUT2D eigenvalue weighted by Crippen LogP contribution is -2.31. The van der Waals surface area contributed by atoms with E-state index in [1.54, 1.807) is 18.0 Å². The third-order valence-electron chi connectivity index (χ3n) is 6.10. The van der Waals surface area contributed by atoms with Gasteiger partial charge in [0.2, 0.25) is 5.91 Å². The lowest BCUT2D eigenvalue weighted by atomic mass is 10.0. The Morgan fingerprint density at radius 2 is 1.76 bits per heavy atom. The van der Waals surface area contributed by atoms with E-state index in [0.717, 1.165) is 33.2 Å². The SMILES string of the molecule is Cn1ccnc1SC[C@@H]1C[C@H](c2ccc(CO)cc2)O[C@H](c2ccc(CNC(=O)CCC(=O)O)cc2)O1. The predicted molar refractivity (Wildman–Crippen MR) is 138 cm³/mol. The number of thioether (sulfide) groups is 1. The maximum absolute atomic E-state index is 11.8. The Labute approximate surface area is 219 Å². The second kappa shape index (κ2) is 12.9. The summed E-state index contributed by atoms with van der Waals surface area (Å²) in [6.07, 6.45) is 3.33. The number of hydrogen-bond acceptors (Lipinski definition) is 7. The zero-order valence-corrected chi connectivity index (χ0v) is 21.4. The molecule has 3 aromatic rings. The van der Waals surface area contributed by atoms with E-state index in [0.29, 0.717) is 13.0 Å². The molecule has 196 valence electrons. The quantitative estimate of drug-likeness (QED) is 0.324. The molecule has 10 heteroatoms. The van der Waals surface area contributed by atoms with Crippen molar-refractivity contribution >= 4 is 23.6 Å². The molecule has 1 aromatic heterocycles. The molecule has 4 rings (SSSR count). The van der Waals surface area contributed by atoms with Gasteiger partial charge < -0.3 is 29.6 Å². The van der Waals surface area contributed by atoms with Gasteiger partial charge in [0.05, 0.1) is 25.2 Å². The van der Waals surface area contributed by atoms with Gasteiger partial charge in [0.25, 0.3) is 0 Å². The molecule has 1 fully saturated rings. The molecule has 0 saturated carbocycles. The van der Waals surface area contributed by atoms with E-state index in [2.05, 4.69) is 10.3 Å². The highest BCUT2D eigenvalue weighted by Gasteiger charge is 2.32. The molecular weight excluding hydrogens is 494 g/mol. The third kappa shape index (κ3) is 7.65.